The number of alkyl halides is 3. The normalized spacial score (nSPS) is 16.3. The molecule has 8 heteroatoms. The van der Waals surface area contributed by atoms with Crippen LogP contribution in [0.5, 0.6) is 11.5 Å². The average molecular weight is 468 g/mol. The van der Waals surface area contributed by atoms with Crippen molar-refractivity contribution in [3.05, 3.63) is 82.3 Å². The molecular formula is C26H23F3N2O3. The molecular weight excluding hydrogens is 445 g/mol. The van der Waals surface area contributed by atoms with E-state index in [-0.39, 0.29) is 11.6 Å². The largest absolute Gasteiger partial charge is 0.457 e. The number of benzene rings is 2. The molecule has 0 saturated carbocycles. The van der Waals surface area contributed by atoms with Crippen LogP contribution >= 0.6 is 0 Å². The van der Waals surface area contributed by atoms with E-state index >= 15 is 0 Å². The van der Waals surface area contributed by atoms with Gasteiger partial charge in [-0.25, -0.2) is 0 Å². The van der Waals surface area contributed by atoms with Crippen LogP contribution in [0.15, 0.2) is 65.6 Å². The topological polar surface area (TPSA) is 45.4 Å². The van der Waals surface area contributed by atoms with Gasteiger partial charge in [0.05, 0.1) is 29.2 Å². The van der Waals surface area contributed by atoms with Crippen molar-refractivity contribution >= 4 is 11.0 Å². The summed E-state index contributed by atoms with van der Waals surface area (Å²) in [6.45, 7) is 3.23. The molecule has 2 aromatic heterocycles. The highest BCUT2D eigenvalue weighted by Gasteiger charge is 2.30. The quantitative estimate of drug-likeness (QED) is 0.364. The highest BCUT2D eigenvalue weighted by atomic mass is 19.4. The number of pyridine rings is 1. The summed E-state index contributed by atoms with van der Waals surface area (Å²) in [7, 11) is 1.75. The van der Waals surface area contributed by atoms with Crippen LogP contribution in [0, 0.1) is 6.92 Å². The molecule has 0 bridgehead atoms. The van der Waals surface area contributed by atoms with E-state index in [2.05, 4.69) is 4.57 Å². The van der Waals surface area contributed by atoms with E-state index in [1.165, 1.54) is 12.1 Å². The van der Waals surface area contributed by atoms with Crippen molar-refractivity contribution in [2.75, 3.05) is 13.2 Å². The summed E-state index contributed by atoms with van der Waals surface area (Å²) in [5, 5.41) is 0. The van der Waals surface area contributed by atoms with Crippen LogP contribution in [0.1, 0.15) is 23.6 Å². The maximum absolute atomic E-state index is 12.9. The minimum absolute atomic E-state index is 0.108. The number of aromatic nitrogens is 2. The van der Waals surface area contributed by atoms with Crippen molar-refractivity contribution in [3.63, 3.8) is 0 Å². The fourth-order valence-electron chi connectivity index (χ4n) is 4.48. The molecule has 5 rings (SSSR count). The predicted octanol–water partition coefficient (Wildman–Crippen LogP) is 6.09. The molecule has 4 aromatic rings. The van der Waals surface area contributed by atoms with Crippen molar-refractivity contribution in [3.8, 4) is 22.6 Å². The van der Waals surface area contributed by atoms with Gasteiger partial charge in [-0.05, 0) is 66.9 Å². The van der Waals surface area contributed by atoms with Gasteiger partial charge in [-0.2, -0.15) is 13.2 Å². The lowest BCUT2D eigenvalue weighted by Crippen LogP contribution is -2.16. The number of rotatable bonds is 4. The van der Waals surface area contributed by atoms with Crippen LogP contribution in [0.2, 0.25) is 0 Å². The Kier molecular flexibility index (Phi) is 5.48. The Labute approximate surface area is 194 Å². The molecule has 0 radical (unpaired) electrons. The van der Waals surface area contributed by atoms with Gasteiger partial charge < -0.3 is 18.6 Å². The lowest BCUT2D eigenvalue weighted by Gasteiger charge is -2.11. The SMILES string of the molecule is Cc1cc(Oc2ccc(C(F)(F)F)cc2)cc(-c2cn(C3CCOC3)c3ccc(=O)n(C)c23)c1. The summed E-state index contributed by atoms with van der Waals surface area (Å²) in [6, 6.07) is 13.9. The first-order valence-corrected chi connectivity index (χ1v) is 11.0. The lowest BCUT2D eigenvalue weighted by atomic mass is 10.0. The Morgan fingerprint density at radius 1 is 1.03 bits per heavy atom. The molecule has 0 aliphatic carbocycles. The number of nitrogens with zero attached hydrogens (tertiary/aromatic N) is 2. The number of ether oxygens (including phenoxy) is 2. The standard InChI is InChI=1S/C26H23F3N2O3/c1-16-11-17(13-21(12-16)34-20-5-3-18(4-6-20)26(27,28)29)22-14-31(19-9-10-33-15-19)23-7-8-24(32)30(2)25(22)23/h3-8,11-14,19H,9-10,15H2,1-2H3. The van der Waals surface area contributed by atoms with Crippen LogP contribution in [-0.4, -0.2) is 22.3 Å². The van der Waals surface area contributed by atoms with Gasteiger partial charge >= 0.3 is 6.18 Å². The summed E-state index contributed by atoms with van der Waals surface area (Å²) in [5.41, 5.74) is 3.57. The molecule has 2 aromatic carbocycles. The molecule has 176 valence electrons. The van der Waals surface area contributed by atoms with Crippen LogP contribution in [0.4, 0.5) is 13.2 Å². The molecule has 1 saturated heterocycles. The Morgan fingerprint density at radius 2 is 1.79 bits per heavy atom. The van der Waals surface area contributed by atoms with Crippen molar-refractivity contribution in [1.29, 1.82) is 0 Å². The summed E-state index contributed by atoms with van der Waals surface area (Å²) in [6.07, 6.45) is -1.47. The Balaban J connectivity index is 1.58. The summed E-state index contributed by atoms with van der Waals surface area (Å²) in [4.78, 5) is 12.4. The Morgan fingerprint density at radius 3 is 2.47 bits per heavy atom. The zero-order valence-electron chi connectivity index (χ0n) is 18.7. The van der Waals surface area contributed by atoms with Crippen molar-refractivity contribution < 1.29 is 22.6 Å². The van der Waals surface area contributed by atoms with Gasteiger partial charge in [0.1, 0.15) is 11.5 Å². The lowest BCUT2D eigenvalue weighted by molar-refractivity contribution is -0.137. The van der Waals surface area contributed by atoms with Gasteiger partial charge in [-0.1, -0.05) is 6.07 Å². The molecule has 34 heavy (non-hydrogen) atoms. The van der Waals surface area contributed by atoms with Crippen LogP contribution in [0.3, 0.4) is 0 Å². The van der Waals surface area contributed by atoms with Crippen LogP contribution < -0.4 is 10.3 Å². The van der Waals surface area contributed by atoms with Gasteiger partial charge in [-0.3, -0.25) is 4.79 Å². The molecule has 3 heterocycles. The monoisotopic (exact) mass is 468 g/mol. The maximum Gasteiger partial charge on any atom is 0.416 e. The minimum atomic E-state index is -4.40. The third kappa shape index (κ3) is 4.09. The van der Waals surface area contributed by atoms with E-state index < -0.39 is 11.7 Å². The number of hydrogen-bond donors (Lipinski definition) is 0. The summed E-state index contributed by atoms with van der Waals surface area (Å²) in [5.74, 6) is 0.809. The highest BCUT2D eigenvalue weighted by Crippen LogP contribution is 2.37. The molecule has 0 spiro atoms. The zero-order valence-corrected chi connectivity index (χ0v) is 18.7. The molecule has 1 atom stereocenters. The van der Waals surface area contributed by atoms with Gasteiger partial charge in [0.15, 0.2) is 0 Å². The molecule has 1 fully saturated rings. The van der Waals surface area contributed by atoms with Gasteiger partial charge in [0.2, 0.25) is 0 Å². The third-order valence-corrected chi connectivity index (χ3v) is 6.17. The smallest absolute Gasteiger partial charge is 0.416 e. The Bertz CT molecular complexity index is 1410. The minimum Gasteiger partial charge on any atom is -0.457 e. The van der Waals surface area contributed by atoms with Crippen molar-refractivity contribution in [2.24, 2.45) is 7.05 Å². The van der Waals surface area contributed by atoms with Crippen molar-refractivity contribution in [2.45, 2.75) is 25.6 Å². The third-order valence-electron chi connectivity index (χ3n) is 6.17. The van der Waals surface area contributed by atoms with Gasteiger partial charge in [0, 0.05) is 31.5 Å². The molecule has 1 aliphatic rings. The maximum atomic E-state index is 12.9. The predicted molar refractivity (Wildman–Crippen MR) is 123 cm³/mol. The number of halogens is 3. The first-order valence-electron chi connectivity index (χ1n) is 11.0. The first kappa shape index (κ1) is 22.3. The highest BCUT2D eigenvalue weighted by molar-refractivity contribution is 5.94. The Hall–Kier alpha value is -3.52. The van der Waals surface area contributed by atoms with Gasteiger partial charge in [-0.15, -0.1) is 0 Å². The zero-order chi connectivity index (χ0) is 24.0. The van der Waals surface area contributed by atoms with E-state index in [4.69, 9.17) is 9.47 Å². The molecule has 5 nitrogen and oxygen atoms in total. The molecule has 1 unspecified atom stereocenters. The average Bonchev–Trinajstić information content (AvgIpc) is 3.44. The fourth-order valence-corrected chi connectivity index (χ4v) is 4.48. The van der Waals surface area contributed by atoms with Crippen molar-refractivity contribution in [1.82, 2.24) is 9.13 Å². The second-order valence-corrected chi connectivity index (χ2v) is 8.59. The van der Waals surface area contributed by atoms with E-state index in [0.29, 0.717) is 24.7 Å². The van der Waals surface area contributed by atoms with E-state index in [0.717, 1.165) is 46.3 Å². The summed E-state index contributed by atoms with van der Waals surface area (Å²) < 4.78 is 53.9. The molecule has 1 aliphatic heterocycles. The fraction of sp³-hybridized carbons (Fsp3) is 0.269. The van der Waals surface area contributed by atoms with E-state index in [1.807, 2.05) is 37.4 Å². The van der Waals surface area contributed by atoms with Crippen LogP contribution in [0.25, 0.3) is 22.2 Å². The van der Waals surface area contributed by atoms with Gasteiger partial charge in [0.25, 0.3) is 5.56 Å². The second-order valence-electron chi connectivity index (χ2n) is 8.59. The van der Waals surface area contributed by atoms with E-state index in [1.54, 1.807) is 17.7 Å². The number of aryl methyl sites for hydroxylation is 2. The number of hydrogen-bond acceptors (Lipinski definition) is 3. The number of fused-ring (bicyclic) bond motifs is 1. The first-order chi connectivity index (χ1) is 16.2. The molecule has 0 N–H and O–H groups in total. The summed E-state index contributed by atoms with van der Waals surface area (Å²) >= 11 is 0. The van der Waals surface area contributed by atoms with Crippen LogP contribution in [-0.2, 0) is 18.0 Å². The molecule has 0 amide bonds. The van der Waals surface area contributed by atoms with E-state index in [9.17, 15) is 18.0 Å². The second kappa shape index (κ2) is 8.36.